The molecule has 116 valence electrons. The van der Waals surface area contributed by atoms with Crippen LogP contribution in [0.1, 0.15) is 18.5 Å². The molecule has 3 nitrogen and oxygen atoms in total. The highest BCUT2D eigenvalue weighted by Crippen LogP contribution is 2.34. The van der Waals surface area contributed by atoms with Gasteiger partial charge < -0.3 is 9.30 Å². The number of hydrogen-bond donors (Lipinski definition) is 0. The van der Waals surface area contributed by atoms with E-state index in [4.69, 9.17) is 16.3 Å². The largest absolute Gasteiger partial charge is 0.381 e. The summed E-state index contributed by atoms with van der Waals surface area (Å²) in [5.74, 6) is 0. The predicted molar refractivity (Wildman–Crippen MR) is 89.1 cm³/mol. The van der Waals surface area contributed by atoms with E-state index in [1.54, 1.807) is 0 Å². The van der Waals surface area contributed by atoms with E-state index < -0.39 is 0 Å². The summed E-state index contributed by atoms with van der Waals surface area (Å²) < 4.78 is 7.77. The van der Waals surface area contributed by atoms with Crippen LogP contribution >= 0.6 is 11.6 Å². The van der Waals surface area contributed by atoms with Gasteiger partial charge in [-0.05, 0) is 24.5 Å². The van der Waals surface area contributed by atoms with E-state index in [2.05, 4.69) is 39.8 Å². The molecule has 0 N–H and O–H groups in total. The quantitative estimate of drug-likeness (QED) is 0.838. The third kappa shape index (κ3) is 2.58. The van der Waals surface area contributed by atoms with Crippen LogP contribution in [0.4, 0.5) is 0 Å². The Hall–Kier alpha value is -1.29. The second-order valence-corrected chi connectivity index (χ2v) is 6.53. The summed E-state index contributed by atoms with van der Waals surface area (Å²) in [4.78, 5) is 2.60. The summed E-state index contributed by atoms with van der Waals surface area (Å²) in [5, 5.41) is 0.882. The van der Waals surface area contributed by atoms with Gasteiger partial charge in [0.05, 0.1) is 0 Å². The molecule has 0 atom stereocenters. The van der Waals surface area contributed by atoms with E-state index in [0.29, 0.717) is 6.04 Å². The lowest BCUT2D eigenvalue weighted by atomic mass is 10.1. The normalized spacial score (nSPS) is 20.0. The number of ether oxygens (including phenoxy) is 1. The summed E-state index contributed by atoms with van der Waals surface area (Å²) >= 11 is 6.63. The van der Waals surface area contributed by atoms with Gasteiger partial charge in [-0.1, -0.05) is 41.9 Å². The fourth-order valence-electron chi connectivity index (χ4n) is 3.65. The maximum atomic E-state index is 6.63. The van der Waals surface area contributed by atoms with Crippen molar-refractivity contribution in [3.05, 3.63) is 47.2 Å². The molecule has 0 spiro atoms. The van der Waals surface area contributed by atoms with E-state index in [9.17, 15) is 0 Å². The zero-order valence-electron chi connectivity index (χ0n) is 12.7. The highest BCUT2D eigenvalue weighted by molar-refractivity contribution is 6.32. The van der Waals surface area contributed by atoms with Crippen molar-refractivity contribution >= 4 is 11.6 Å². The molecule has 2 aromatic rings. The van der Waals surface area contributed by atoms with Gasteiger partial charge in [-0.2, -0.15) is 0 Å². The summed E-state index contributed by atoms with van der Waals surface area (Å²) in [5.41, 5.74) is 3.69. The molecule has 2 aliphatic rings. The van der Waals surface area contributed by atoms with Crippen LogP contribution in [0.5, 0.6) is 0 Å². The van der Waals surface area contributed by atoms with E-state index in [-0.39, 0.29) is 0 Å². The lowest BCUT2D eigenvalue weighted by Crippen LogP contribution is -2.43. The molecule has 3 heterocycles. The van der Waals surface area contributed by atoms with Gasteiger partial charge in [0.15, 0.2) is 0 Å². The van der Waals surface area contributed by atoms with Gasteiger partial charge in [0.1, 0.15) is 5.15 Å². The molecule has 4 heteroatoms. The predicted octanol–water partition coefficient (Wildman–Crippen LogP) is 3.80. The zero-order chi connectivity index (χ0) is 14.9. The van der Waals surface area contributed by atoms with E-state index in [0.717, 1.165) is 56.4 Å². The summed E-state index contributed by atoms with van der Waals surface area (Å²) in [6.45, 7) is 4.87. The zero-order valence-corrected chi connectivity index (χ0v) is 13.4. The Morgan fingerprint density at radius 1 is 1.05 bits per heavy atom. The molecule has 0 unspecified atom stereocenters. The minimum Gasteiger partial charge on any atom is -0.381 e. The number of aromatic nitrogens is 1. The molecule has 0 saturated carbocycles. The maximum Gasteiger partial charge on any atom is 0.117 e. The van der Waals surface area contributed by atoms with Crippen LogP contribution in [-0.2, 0) is 17.8 Å². The Kier molecular flexibility index (Phi) is 3.95. The molecule has 2 aliphatic heterocycles. The first-order valence-electron chi connectivity index (χ1n) is 8.08. The summed E-state index contributed by atoms with van der Waals surface area (Å²) in [7, 11) is 0. The Balaban J connectivity index is 1.60. The molecule has 0 aliphatic carbocycles. The van der Waals surface area contributed by atoms with Crippen molar-refractivity contribution in [3.63, 3.8) is 0 Å². The van der Waals surface area contributed by atoms with Crippen molar-refractivity contribution in [1.29, 1.82) is 0 Å². The average Bonchev–Trinajstić information content (AvgIpc) is 2.93. The van der Waals surface area contributed by atoms with E-state index >= 15 is 0 Å². The molecular weight excluding hydrogens is 296 g/mol. The van der Waals surface area contributed by atoms with Crippen molar-refractivity contribution in [2.75, 3.05) is 19.8 Å². The first-order valence-corrected chi connectivity index (χ1v) is 8.46. The number of fused-ring (bicyclic) bond motifs is 1. The Morgan fingerprint density at radius 3 is 2.59 bits per heavy atom. The van der Waals surface area contributed by atoms with E-state index in [1.807, 2.05) is 6.07 Å². The van der Waals surface area contributed by atoms with Crippen LogP contribution in [-0.4, -0.2) is 35.3 Å². The number of benzene rings is 1. The Bertz CT molecular complexity index is 647. The molecule has 0 amide bonds. The van der Waals surface area contributed by atoms with Crippen molar-refractivity contribution in [3.8, 4) is 11.1 Å². The first kappa shape index (κ1) is 14.3. The highest BCUT2D eigenvalue weighted by Gasteiger charge is 2.27. The van der Waals surface area contributed by atoms with Gasteiger partial charge in [-0.3, -0.25) is 4.90 Å². The second kappa shape index (κ2) is 6.07. The van der Waals surface area contributed by atoms with Crippen LogP contribution in [0.3, 0.4) is 0 Å². The van der Waals surface area contributed by atoms with Crippen LogP contribution in [0.25, 0.3) is 11.1 Å². The lowest BCUT2D eigenvalue weighted by Gasteiger charge is -2.37. The first-order chi connectivity index (χ1) is 10.8. The SMILES string of the molecule is Clc1c(-c2ccccc2)cc2n1CCN(C1CCOCC1)C2. The molecule has 0 radical (unpaired) electrons. The summed E-state index contributed by atoms with van der Waals surface area (Å²) in [6, 6.07) is 13.4. The number of hydrogen-bond acceptors (Lipinski definition) is 2. The molecule has 1 aromatic heterocycles. The van der Waals surface area contributed by atoms with Crippen LogP contribution in [0.2, 0.25) is 5.15 Å². The topological polar surface area (TPSA) is 17.4 Å². The maximum absolute atomic E-state index is 6.63. The van der Waals surface area contributed by atoms with Crippen molar-refractivity contribution in [2.24, 2.45) is 0 Å². The third-order valence-electron chi connectivity index (χ3n) is 4.88. The number of nitrogens with zero attached hydrogens (tertiary/aromatic N) is 2. The molecular formula is C18H21ClN2O. The van der Waals surface area contributed by atoms with Crippen LogP contribution in [0, 0.1) is 0 Å². The third-order valence-corrected chi connectivity index (χ3v) is 5.29. The van der Waals surface area contributed by atoms with Gasteiger partial charge >= 0.3 is 0 Å². The number of halogens is 1. The van der Waals surface area contributed by atoms with Crippen molar-refractivity contribution in [1.82, 2.24) is 9.47 Å². The highest BCUT2D eigenvalue weighted by atomic mass is 35.5. The molecule has 1 fully saturated rings. The fraction of sp³-hybridized carbons (Fsp3) is 0.444. The number of rotatable bonds is 2. The van der Waals surface area contributed by atoms with Gasteiger partial charge in [0.25, 0.3) is 0 Å². The molecule has 1 saturated heterocycles. The van der Waals surface area contributed by atoms with Crippen LogP contribution in [0.15, 0.2) is 36.4 Å². The molecule has 0 bridgehead atoms. The second-order valence-electron chi connectivity index (χ2n) is 6.17. The van der Waals surface area contributed by atoms with Gasteiger partial charge in [-0.25, -0.2) is 0 Å². The molecule has 22 heavy (non-hydrogen) atoms. The van der Waals surface area contributed by atoms with Gasteiger partial charge in [0.2, 0.25) is 0 Å². The van der Waals surface area contributed by atoms with Gasteiger partial charge in [-0.15, -0.1) is 0 Å². The standard InChI is InChI=1S/C18H21ClN2O/c19-18-17(14-4-2-1-3-5-14)12-16-13-20(8-9-21(16)18)15-6-10-22-11-7-15/h1-5,12,15H,6-11,13H2. The average molecular weight is 317 g/mol. The van der Waals surface area contributed by atoms with Crippen molar-refractivity contribution < 1.29 is 4.74 Å². The Labute approximate surface area is 136 Å². The summed E-state index contributed by atoms with van der Waals surface area (Å²) in [6.07, 6.45) is 2.31. The lowest BCUT2D eigenvalue weighted by molar-refractivity contribution is 0.0243. The van der Waals surface area contributed by atoms with E-state index in [1.165, 1.54) is 11.3 Å². The molecule has 1 aromatic carbocycles. The fourth-order valence-corrected chi connectivity index (χ4v) is 4.00. The van der Waals surface area contributed by atoms with Gasteiger partial charge in [0, 0.05) is 50.1 Å². The minimum absolute atomic E-state index is 0.663. The van der Waals surface area contributed by atoms with Crippen LogP contribution < -0.4 is 0 Å². The smallest absolute Gasteiger partial charge is 0.117 e. The Morgan fingerprint density at radius 2 is 1.82 bits per heavy atom. The monoisotopic (exact) mass is 316 g/mol. The molecule has 4 rings (SSSR count). The minimum atomic E-state index is 0.663. The van der Waals surface area contributed by atoms with Crippen molar-refractivity contribution in [2.45, 2.75) is 32.0 Å².